The van der Waals surface area contributed by atoms with Crippen molar-refractivity contribution in [2.24, 2.45) is 11.0 Å². The van der Waals surface area contributed by atoms with Gasteiger partial charge in [0.05, 0.1) is 19.9 Å². The molecule has 0 fully saturated rings. The Morgan fingerprint density at radius 3 is 2.77 bits per heavy atom. The van der Waals surface area contributed by atoms with Crippen molar-refractivity contribution in [1.29, 1.82) is 0 Å². The molecule has 8 heteroatoms. The maximum absolute atomic E-state index is 11.5. The lowest BCUT2D eigenvalue weighted by Gasteiger charge is -2.18. The summed E-state index contributed by atoms with van der Waals surface area (Å²) in [5, 5.41) is 7.43. The number of ether oxygens (including phenoxy) is 2. The number of oxazole rings is 1. The maximum Gasteiger partial charge on any atom is 0.295 e. The zero-order valence-electron chi connectivity index (χ0n) is 17.2. The first-order valence-electron chi connectivity index (χ1n) is 9.79. The molecule has 156 valence electrons. The van der Waals surface area contributed by atoms with Crippen molar-refractivity contribution >= 4 is 28.7 Å². The molecule has 1 atom stereocenters. The average Bonchev–Trinajstić information content (AvgIpc) is 3.15. The molecule has 3 aromatic rings. The number of methoxy groups -OCH3 is 2. The van der Waals surface area contributed by atoms with Crippen LogP contribution in [0, 0.1) is 5.92 Å². The molecule has 2 N–H and O–H groups in total. The molecule has 4 rings (SSSR count). The summed E-state index contributed by atoms with van der Waals surface area (Å²) in [6, 6.07) is 12.1. The van der Waals surface area contributed by atoms with E-state index in [-0.39, 0.29) is 11.8 Å². The van der Waals surface area contributed by atoms with Crippen molar-refractivity contribution in [2.75, 3.05) is 26.1 Å². The molecule has 0 saturated carbocycles. The highest BCUT2D eigenvalue weighted by Gasteiger charge is 2.22. The van der Waals surface area contributed by atoms with E-state index < -0.39 is 0 Å². The minimum atomic E-state index is -0.0604. The van der Waals surface area contributed by atoms with Gasteiger partial charge in [-0.1, -0.05) is 13.0 Å². The van der Waals surface area contributed by atoms with E-state index in [1.165, 1.54) is 0 Å². The molecule has 1 aromatic heterocycles. The Hall–Kier alpha value is -3.55. The standard InChI is InChI=1S/C22H24N4O4/c1-13-10-20(27)25-26-21(13)15-5-7-17-16(12-15)24-22(30-17)23-9-8-14-4-6-18(28-2)19(11-14)29-3/h4-7,11-13H,8-10H2,1-3H3,(H,23,24)(H,25,27). The van der Waals surface area contributed by atoms with Gasteiger partial charge in [-0.2, -0.15) is 10.1 Å². The molecule has 1 unspecified atom stereocenters. The van der Waals surface area contributed by atoms with Crippen molar-refractivity contribution in [1.82, 2.24) is 10.4 Å². The SMILES string of the molecule is COc1ccc(CCNc2nc3cc(C4=NNC(=O)CC4C)ccc3o2)cc1OC. The maximum atomic E-state index is 11.5. The summed E-state index contributed by atoms with van der Waals surface area (Å²) in [6.45, 7) is 2.65. The fraction of sp³-hybridized carbons (Fsp3) is 0.318. The van der Waals surface area contributed by atoms with Crippen LogP contribution in [0.15, 0.2) is 45.9 Å². The van der Waals surface area contributed by atoms with Gasteiger partial charge in [-0.05, 0) is 42.3 Å². The lowest BCUT2D eigenvalue weighted by Crippen LogP contribution is -2.31. The van der Waals surface area contributed by atoms with Gasteiger partial charge in [0.2, 0.25) is 5.91 Å². The molecular formula is C22H24N4O4. The first kappa shape index (κ1) is 19.8. The highest BCUT2D eigenvalue weighted by Crippen LogP contribution is 2.28. The van der Waals surface area contributed by atoms with Crippen LogP contribution in [0.3, 0.4) is 0 Å². The van der Waals surface area contributed by atoms with Crippen molar-refractivity contribution in [3.63, 3.8) is 0 Å². The third-order valence-electron chi connectivity index (χ3n) is 5.08. The number of carbonyl (C=O) groups excluding carboxylic acids is 1. The van der Waals surface area contributed by atoms with Gasteiger partial charge < -0.3 is 19.2 Å². The molecule has 30 heavy (non-hydrogen) atoms. The van der Waals surface area contributed by atoms with Gasteiger partial charge in [-0.15, -0.1) is 0 Å². The topological polar surface area (TPSA) is 98.0 Å². The average molecular weight is 408 g/mol. The molecule has 8 nitrogen and oxygen atoms in total. The van der Waals surface area contributed by atoms with Crippen LogP contribution in [0.4, 0.5) is 6.01 Å². The first-order chi connectivity index (χ1) is 14.6. The highest BCUT2D eigenvalue weighted by atomic mass is 16.5. The Labute approximate surface area is 174 Å². The second-order valence-corrected chi connectivity index (χ2v) is 7.20. The van der Waals surface area contributed by atoms with Crippen LogP contribution in [-0.4, -0.2) is 37.4 Å². The highest BCUT2D eigenvalue weighted by molar-refractivity contribution is 6.07. The largest absolute Gasteiger partial charge is 0.493 e. The van der Waals surface area contributed by atoms with Crippen LogP contribution >= 0.6 is 0 Å². The molecule has 2 aromatic carbocycles. The minimum Gasteiger partial charge on any atom is -0.493 e. The number of nitrogens with one attached hydrogen (secondary N) is 2. The zero-order chi connectivity index (χ0) is 21.1. The number of hydrazone groups is 1. The molecule has 0 aliphatic carbocycles. The van der Waals surface area contributed by atoms with Gasteiger partial charge >= 0.3 is 0 Å². The molecule has 2 heterocycles. The fourth-order valence-electron chi connectivity index (χ4n) is 3.51. The number of rotatable bonds is 7. The number of hydrogen-bond donors (Lipinski definition) is 2. The Morgan fingerprint density at radius 2 is 2.00 bits per heavy atom. The number of aromatic nitrogens is 1. The van der Waals surface area contributed by atoms with Crippen LogP contribution in [0.5, 0.6) is 11.5 Å². The third kappa shape index (κ3) is 4.07. The summed E-state index contributed by atoms with van der Waals surface area (Å²) in [6.07, 6.45) is 1.21. The summed E-state index contributed by atoms with van der Waals surface area (Å²) in [4.78, 5) is 16.0. The van der Waals surface area contributed by atoms with Gasteiger partial charge in [0.15, 0.2) is 17.1 Å². The normalized spacial score (nSPS) is 16.2. The molecule has 0 saturated heterocycles. The van der Waals surface area contributed by atoms with E-state index in [0.29, 0.717) is 36.1 Å². The lowest BCUT2D eigenvalue weighted by atomic mass is 9.94. The van der Waals surface area contributed by atoms with E-state index in [2.05, 4.69) is 20.8 Å². The molecule has 0 bridgehead atoms. The molecule has 1 amide bonds. The predicted molar refractivity (Wildman–Crippen MR) is 114 cm³/mol. The van der Waals surface area contributed by atoms with Crippen molar-refractivity contribution in [2.45, 2.75) is 19.8 Å². The van der Waals surface area contributed by atoms with Gasteiger partial charge in [-0.25, -0.2) is 5.43 Å². The minimum absolute atomic E-state index is 0.0576. The first-order valence-corrected chi connectivity index (χ1v) is 9.79. The second-order valence-electron chi connectivity index (χ2n) is 7.20. The number of fused-ring (bicyclic) bond motifs is 1. The fourth-order valence-corrected chi connectivity index (χ4v) is 3.51. The predicted octanol–water partition coefficient (Wildman–Crippen LogP) is 3.36. The van der Waals surface area contributed by atoms with Crippen molar-refractivity contribution in [3.05, 3.63) is 47.5 Å². The molecule has 0 radical (unpaired) electrons. The third-order valence-corrected chi connectivity index (χ3v) is 5.08. The summed E-state index contributed by atoms with van der Waals surface area (Å²) < 4.78 is 16.4. The molecule has 1 aliphatic rings. The van der Waals surface area contributed by atoms with Gasteiger partial charge in [0.1, 0.15) is 5.52 Å². The number of benzene rings is 2. The van der Waals surface area contributed by atoms with Gasteiger partial charge in [0.25, 0.3) is 6.01 Å². The Bertz CT molecular complexity index is 1110. The zero-order valence-corrected chi connectivity index (χ0v) is 17.2. The van der Waals surface area contributed by atoms with E-state index in [9.17, 15) is 4.79 Å². The smallest absolute Gasteiger partial charge is 0.295 e. The molecule has 0 spiro atoms. The Morgan fingerprint density at radius 1 is 1.17 bits per heavy atom. The number of nitrogens with zero attached hydrogens (tertiary/aromatic N) is 2. The van der Waals surface area contributed by atoms with Crippen molar-refractivity contribution in [3.8, 4) is 11.5 Å². The van der Waals surface area contributed by atoms with Gasteiger partial charge in [-0.3, -0.25) is 4.79 Å². The number of hydrogen-bond acceptors (Lipinski definition) is 7. The quantitative estimate of drug-likeness (QED) is 0.622. The van der Waals surface area contributed by atoms with E-state index in [1.54, 1.807) is 14.2 Å². The van der Waals surface area contributed by atoms with E-state index in [4.69, 9.17) is 13.9 Å². The monoisotopic (exact) mass is 408 g/mol. The van der Waals surface area contributed by atoms with E-state index >= 15 is 0 Å². The van der Waals surface area contributed by atoms with Crippen LogP contribution in [0.25, 0.3) is 11.1 Å². The number of carbonyl (C=O) groups is 1. The van der Waals surface area contributed by atoms with Crippen LogP contribution < -0.4 is 20.2 Å². The summed E-state index contributed by atoms with van der Waals surface area (Å²) in [7, 11) is 3.25. The summed E-state index contributed by atoms with van der Waals surface area (Å²) in [5.41, 5.74) is 6.88. The van der Waals surface area contributed by atoms with Crippen LogP contribution in [-0.2, 0) is 11.2 Å². The Kier molecular flexibility index (Phi) is 5.56. The van der Waals surface area contributed by atoms with Gasteiger partial charge in [0, 0.05) is 24.4 Å². The lowest BCUT2D eigenvalue weighted by molar-refractivity contribution is -0.121. The second kappa shape index (κ2) is 8.44. The number of anilines is 1. The summed E-state index contributed by atoms with van der Waals surface area (Å²) in [5.74, 6) is 1.41. The van der Waals surface area contributed by atoms with Crippen LogP contribution in [0.2, 0.25) is 0 Å². The van der Waals surface area contributed by atoms with Crippen LogP contribution in [0.1, 0.15) is 24.5 Å². The number of amides is 1. The van der Waals surface area contributed by atoms with Crippen molar-refractivity contribution < 1.29 is 18.7 Å². The molecule has 1 aliphatic heterocycles. The van der Waals surface area contributed by atoms with E-state index in [0.717, 1.165) is 28.8 Å². The Balaban J connectivity index is 1.44. The van der Waals surface area contributed by atoms with E-state index in [1.807, 2.05) is 43.3 Å². The molecular weight excluding hydrogens is 384 g/mol. The summed E-state index contributed by atoms with van der Waals surface area (Å²) >= 11 is 0.